The van der Waals surface area contributed by atoms with Crippen LogP contribution in [0.15, 0.2) is 84.9 Å². The van der Waals surface area contributed by atoms with Gasteiger partial charge >= 0.3 is 142 Å². The van der Waals surface area contributed by atoms with Crippen molar-refractivity contribution in [2.24, 2.45) is 0 Å². The van der Waals surface area contributed by atoms with Crippen LogP contribution in [-0.2, 0) is 0 Å². The van der Waals surface area contributed by atoms with Crippen LogP contribution in [0.3, 0.4) is 0 Å². The fourth-order valence-corrected chi connectivity index (χ4v) is 14.8. The van der Waals surface area contributed by atoms with Crippen LogP contribution in [0.4, 0.5) is 0 Å². The van der Waals surface area contributed by atoms with Gasteiger partial charge in [0.1, 0.15) is 0 Å². The predicted octanol–water partition coefficient (Wildman–Crippen LogP) is 3.88. The van der Waals surface area contributed by atoms with Gasteiger partial charge in [-0.05, 0) is 0 Å². The summed E-state index contributed by atoms with van der Waals surface area (Å²) in [7, 11) is 0. The monoisotopic (exact) mass is 362 g/mol. The van der Waals surface area contributed by atoms with Crippen LogP contribution in [0.1, 0.15) is 19.4 Å². The first-order chi connectivity index (χ1) is 11.2. The molecule has 0 radical (unpaired) electrons. The Morgan fingerprint density at radius 1 is 0.609 bits per heavy atom. The Balaban J connectivity index is 2.36. The van der Waals surface area contributed by atoms with Gasteiger partial charge in [0.15, 0.2) is 0 Å². The van der Waals surface area contributed by atoms with E-state index in [0.717, 1.165) is 0 Å². The summed E-state index contributed by atoms with van der Waals surface area (Å²) in [6, 6.07) is 31.6. The Morgan fingerprint density at radius 3 is 1.52 bits per heavy atom. The summed E-state index contributed by atoms with van der Waals surface area (Å²) >= 11 is -2.70. The number of hydrogen-bond donors (Lipinski definition) is 0. The quantitative estimate of drug-likeness (QED) is 0.619. The van der Waals surface area contributed by atoms with Crippen LogP contribution in [0, 0.1) is 6.92 Å². The van der Waals surface area contributed by atoms with Crippen molar-refractivity contribution in [3.63, 3.8) is 0 Å². The SMILES string of the molecule is Cc1ccc[c]([Ge]([c]2ccccc2)([c]2ccccc2)[CH](C)C)c1. The van der Waals surface area contributed by atoms with Gasteiger partial charge < -0.3 is 0 Å². The number of hydrogen-bond acceptors (Lipinski definition) is 0. The Kier molecular flexibility index (Phi) is 4.72. The zero-order chi connectivity index (χ0) is 16.3. The molecule has 3 aromatic rings. The minimum atomic E-state index is -2.70. The van der Waals surface area contributed by atoms with Crippen LogP contribution in [-0.4, -0.2) is 13.3 Å². The molecular weight excluding hydrogens is 337 g/mol. The molecule has 0 N–H and O–H groups in total. The summed E-state index contributed by atoms with van der Waals surface area (Å²) < 4.78 is 5.26. The van der Waals surface area contributed by atoms with E-state index >= 15 is 0 Å². The van der Waals surface area contributed by atoms with Crippen molar-refractivity contribution in [2.75, 3.05) is 0 Å². The van der Waals surface area contributed by atoms with E-state index in [1.807, 2.05) is 0 Å². The van der Waals surface area contributed by atoms with Gasteiger partial charge in [0, 0.05) is 0 Å². The molecule has 0 nitrogen and oxygen atoms in total. The fraction of sp³-hybridized carbons (Fsp3) is 0.182. The molecule has 0 heterocycles. The van der Waals surface area contributed by atoms with Crippen molar-refractivity contribution >= 4 is 26.5 Å². The minimum absolute atomic E-state index is 0.626. The molecule has 0 aliphatic heterocycles. The molecule has 0 aliphatic carbocycles. The van der Waals surface area contributed by atoms with E-state index in [1.165, 1.54) is 5.56 Å². The van der Waals surface area contributed by atoms with Crippen molar-refractivity contribution < 1.29 is 0 Å². The maximum atomic E-state index is 2.42. The molecule has 0 unspecified atom stereocenters. The van der Waals surface area contributed by atoms with Crippen LogP contribution in [0.5, 0.6) is 0 Å². The average Bonchev–Trinajstić information content (AvgIpc) is 2.57. The van der Waals surface area contributed by atoms with E-state index < -0.39 is 13.3 Å². The van der Waals surface area contributed by atoms with E-state index in [9.17, 15) is 0 Å². The molecule has 3 aromatic carbocycles. The molecule has 0 bridgehead atoms. The van der Waals surface area contributed by atoms with E-state index in [0.29, 0.717) is 4.75 Å². The second-order valence-electron chi connectivity index (χ2n) is 6.56. The van der Waals surface area contributed by atoms with Gasteiger partial charge in [-0.1, -0.05) is 0 Å². The van der Waals surface area contributed by atoms with Gasteiger partial charge in [-0.3, -0.25) is 0 Å². The van der Waals surface area contributed by atoms with Gasteiger partial charge in [-0.2, -0.15) is 0 Å². The van der Waals surface area contributed by atoms with Gasteiger partial charge in [0.2, 0.25) is 0 Å². The molecule has 3 rings (SSSR count). The van der Waals surface area contributed by atoms with Crippen molar-refractivity contribution in [3.05, 3.63) is 90.5 Å². The van der Waals surface area contributed by atoms with Crippen molar-refractivity contribution in [2.45, 2.75) is 25.5 Å². The third-order valence-electron chi connectivity index (χ3n) is 4.80. The molecule has 1 heteroatoms. The van der Waals surface area contributed by atoms with Gasteiger partial charge in [-0.15, -0.1) is 0 Å². The molecule has 116 valence electrons. The molecular formula is C22H24Ge. The number of rotatable bonds is 4. The Bertz CT molecular complexity index is 721. The Hall–Kier alpha value is -1.80. The summed E-state index contributed by atoms with van der Waals surface area (Å²) in [6.45, 7) is 7.01. The van der Waals surface area contributed by atoms with Gasteiger partial charge in [0.25, 0.3) is 0 Å². The molecule has 23 heavy (non-hydrogen) atoms. The summed E-state index contributed by atoms with van der Waals surface area (Å²) in [6.07, 6.45) is 0. The number of aryl methyl sites for hydroxylation is 1. The molecule has 0 spiro atoms. The van der Waals surface area contributed by atoms with Crippen LogP contribution >= 0.6 is 0 Å². The Labute approximate surface area is 142 Å². The van der Waals surface area contributed by atoms with Gasteiger partial charge in [0.05, 0.1) is 0 Å². The van der Waals surface area contributed by atoms with Crippen molar-refractivity contribution in [3.8, 4) is 0 Å². The van der Waals surface area contributed by atoms with E-state index in [4.69, 9.17) is 0 Å². The molecule has 0 aliphatic rings. The molecule has 0 fully saturated rings. The summed E-state index contributed by atoms with van der Waals surface area (Å²) in [5.74, 6) is 0. The fourth-order valence-electron chi connectivity index (χ4n) is 3.79. The first-order valence-electron chi connectivity index (χ1n) is 8.34. The molecule has 0 saturated heterocycles. The Morgan fingerprint density at radius 2 is 1.09 bits per heavy atom. The summed E-state index contributed by atoms with van der Waals surface area (Å²) in [4.78, 5) is 0. The number of benzene rings is 3. The van der Waals surface area contributed by atoms with E-state index in [2.05, 4.69) is 106 Å². The topological polar surface area (TPSA) is 0 Å². The van der Waals surface area contributed by atoms with E-state index in [1.54, 1.807) is 13.2 Å². The second-order valence-corrected chi connectivity index (χ2v) is 16.0. The molecule has 0 aromatic heterocycles. The summed E-state index contributed by atoms with van der Waals surface area (Å²) in [5, 5.41) is 0. The third-order valence-corrected chi connectivity index (χ3v) is 16.2. The zero-order valence-electron chi connectivity index (χ0n) is 14.2. The third kappa shape index (κ3) is 2.88. The normalized spacial score (nSPS) is 11.7. The second kappa shape index (κ2) is 6.76. The molecule has 0 saturated carbocycles. The van der Waals surface area contributed by atoms with E-state index in [-0.39, 0.29) is 0 Å². The standard InChI is InChI=1S/C22H24Ge/c1-18(2)23(20-12-6-4-7-13-20,21-14-8-5-9-15-21)22-16-10-11-19(3)17-22/h4-18H,1-3H3. The average molecular weight is 361 g/mol. The molecule has 0 atom stereocenters. The maximum absolute atomic E-state index is 2.70. The van der Waals surface area contributed by atoms with Crippen LogP contribution in [0.25, 0.3) is 0 Å². The first-order valence-corrected chi connectivity index (χ1v) is 12.7. The van der Waals surface area contributed by atoms with Crippen LogP contribution < -0.4 is 13.2 Å². The predicted molar refractivity (Wildman–Crippen MR) is 104 cm³/mol. The van der Waals surface area contributed by atoms with Gasteiger partial charge in [-0.25, -0.2) is 0 Å². The first kappa shape index (κ1) is 16.1. The van der Waals surface area contributed by atoms with Crippen molar-refractivity contribution in [1.82, 2.24) is 0 Å². The molecule has 0 amide bonds. The summed E-state index contributed by atoms with van der Waals surface area (Å²) in [5.41, 5.74) is 1.35. The van der Waals surface area contributed by atoms with Crippen molar-refractivity contribution in [1.29, 1.82) is 0 Å². The van der Waals surface area contributed by atoms with Crippen LogP contribution in [0.2, 0.25) is 4.75 Å². The zero-order valence-corrected chi connectivity index (χ0v) is 16.3.